The van der Waals surface area contributed by atoms with Gasteiger partial charge in [-0.2, -0.15) is 10.4 Å². The molecular formula is C21H25FN6O4. The van der Waals surface area contributed by atoms with E-state index in [1.165, 1.54) is 40.0 Å². The van der Waals surface area contributed by atoms with Crippen LogP contribution in [0.5, 0.6) is 0 Å². The zero-order valence-electron chi connectivity index (χ0n) is 17.6. The summed E-state index contributed by atoms with van der Waals surface area (Å²) in [6.45, 7) is 0.675. The number of primary amides is 1. The molecule has 0 saturated carbocycles. The number of carbonyl (C=O) groups is 2. The standard InChI is InChI=1S/C21H25FN6O4/c1-32-10-2-3-17-15(11-23)18(8-9-27(17)21(30)31)28-12-16(19(24)29)20(26-28)25-14-6-4-13(22)5-7-14/h4-7,12,15,17-18H,2-3,8-10H2,1H3,(H2,24,29)(H,25,26)(H,30,31)/t15-,17?,18-/m0/s1. The van der Waals surface area contributed by atoms with Gasteiger partial charge in [0.15, 0.2) is 5.82 Å². The molecule has 32 heavy (non-hydrogen) atoms. The van der Waals surface area contributed by atoms with Crippen LogP contribution in [0.3, 0.4) is 0 Å². The van der Waals surface area contributed by atoms with Crippen molar-refractivity contribution in [2.24, 2.45) is 11.7 Å². The van der Waals surface area contributed by atoms with E-state index in [0.29, 0.717) is 31.6 Å². The summed E-state index contributed by atoms with van der Waals surface area (Å²) in [4.78, 5) is 25.0. The average Bonchev–Trinajstić information content (AvgIpc) is 3.18. The van der Waals surface area contributed by atoms with Crippen LogP contribution >= 0.6 is 0 Å². The largest absolute Gasteiger partial charge is 0.465 e. The first-order chi connectivity index (χ1) is 15.3. The zero-order chi connectivity index (χ0) is 23.3. The number of likely N-dealkylation sites (tertiary alicyclic amines) is 1. The molecule has 3 atom stereocenters. The molecule has 1 aliphatic rings. The SMILES string of the molecule is COCCCC1[C@H](C#N)[C@@H](n2cc(C(N)=O)c(Nc3ccc(F)cc3)n2)CCN1C(=O)O. The molecule has 1 unspecified atom stereocenters. The van der Waals surface area contributed by atoms with Crippen LogP contribution < -0.4 is 11.1 Å². The Morgan fingerprint density at radius 1 is 1.41 bits per heavy atom. The van der Waals surface area contributed by atoms with E-state index in [9.17, 15) is 24.3 Å². The second-order valence-corrected chi connectivity index (χ2v) is 7.56. The Kier molecular flexibility index (Phi) is 7.27. The van der Waals surface area contributed by atoms with Crippen molar-refractivity contribution >= 4 is 23.5 Å². The summed E-state index contributed by atoms with van der Waals surface area (Å²) in [7, 11) is 1.56. The minimum atomic E-state index is -1.08. The van der Waals surface area contributed by atoms with Gasteiger partial charge in [-0.05, 0) is 43.5 Å². The van der Waals surface area contributed by atoms with Crippen LogP contribution in [0, 0.1) is 23.1 Å². The van der Waals surface area contributed by atoms with Crippen molar-refractivity contribution in [3.63, 3.8) is 0 Å². The number of carbonyl (C=O) groups excluding carboxylic acids is 1. The van der Waals surface area contributed by atoms with Crippen molar-refractivity contribution in [3.05, 3.63) is 41.8 Å². The third-order valence-corrected chi connectivity index (χ3v) is 5.58. The van der Waals surface area contributed by atoms with Gasteiger partial charge in [-0.25, -0.2) is 9.18 Å². The van der Waals surface area contributed by atoms with Gasteiger partial charge in [-0.1, -0.05) is 0 Å². The highest BCUT2D eigenvalue weighted by molar-refractivity contribution is 5.98. The molecule has 3 rings (SSSR count). The zero-order valence-corrected chi connectivity index (χ0v) is 17.6. The van der Waals surface area contributed by atoms with Gasteiger partial charge >= 0.3 is 6.09 Å². The number of nitriles is 1. The maximum atomic E-state index is 13.2. The molecule has 1 aromatic carbocycles. The van der Waals surface area contributed by atoms with Gasteiger partial charge in [0.2, 0.25) is 0 Å². The second-order valence-electron chi connectivity index (χ2n) is 7.56. The number of piperidine rings is 1. The summed E-state index contributed by atoms with van der Waals surface area (Å²) >= 11 is 0. The maximum Gasteiger partial charge on any atom is 0.407 e. The average molecular weight is 444 g/mol. The quantitative estimate of drug-likeness (QED) is 0.531. The van der Waals surface area contributed by atoms with Crippen LogP contribution in [0.4, 0.5) is 20.7 Å². The van der Waals surface area contributed by atoms with Crippen molar-refractivity contribution < 1.29 is 23.8 Å². The van der Waals surface area contributed by atoms with Gasteiger partial charge in [-0.3, -0.25) is 9.48 Å². The number of hydrogen-bond donors (Lipinski definition) is 3. The van der Waals surface area contributed by atoms with Crippen molar-refractivity contribution in [3.8, 4) is 6.07 Å². The fraction of sp³-hybridized carbons (Fsp3) is 0.429. The molecule has 1 aliphatic heterocycles. The fourth-order valence-corrected chi connectivity index (χ4v) is 4.05. The molecule has 1 saturated heterocycles. The van der Waals surface area contributed by atoms with E-state index in [2.05, 4.69) is 16.5 Å². The lowest BCUT2D eigenvalue weighted by atomic mass is 9.83. The molecule has 0 aliphatic carbocycles. The van der Waals surface area contributed by atoms with E-state index in [-0.39, 0.29) is 17.9 Å². The number of aromatic nitrogens is 2. The number of nitrogens with two attached hydrogens (primary N) is 1. The number of anilines is 2. The molecule has 10 nitrogen and oxygen atoms in total. The Hall–Kier alpha value is -3.65. The smallest absolute Gasteiger partial charge is 0.407 e. The van der Waals surface area contributed by atoms with Crippen LogP contribution in [-0.4, -0.2) is 58.1 Å². The predicted octanol–water partition coefficient (Wildman–Crippen LogP) is 2.72. The Bertz CT molecular complexity index is 1000. The molecule has 4 N–H and O–H groups in total. The molecular weight excluding hydrogens is 419 g/mol. The number of halogens is 1. The van der Waals surface area contributed by atoms with Crippen LogP contribution in [0.15, 0.2) is 30.5 Å². The summed E-state index contributed by atoms with van der Waals surface area (Å²) in [5.41, 5.74) is 6.14. The lowest BCUT2D eigenvalue weighted by Crippen LogP contribution is -2.51. The van der Waals surface area contributed by atoms with E-state index >= 15 is 0 Å². The summed E-state index contributed by atoms with van der Waals surface area (Å²) in [6.07, 6.45) is 1.79. The number of ether oxygens (including phenoxy) is 1. The molecule has 2 aromatic rings. The van der Waals surface area contributed by atoms with Gasteiger partial charge in [0.25, 0.3) is 5.91 Å². The number of methoxy groups -OCH3 is 1. The number of hydrogen-bond acceptors (Lipinski definition) is 6. The maximum absolute atomic E-state index is 13.2. The van der Waals surface area contributed by atoms with Crippen molar-refractivity contribution in [1.82, 2.24) is 14.7 Å². The Labute approximate surface area is 184 Å². The Morgan fingerprint density at radius 3 is 2.72 bits per heavy atom. The number of benzene rings is 1. The third-order valence-electron chi connectivity index (χ3n) is 5.58. The van der Waals surface area contributed by atoms with Crippen molar-refractivity contribution in [2.45, 2.75) is 31.3 Å². The highest BCUT2D eigenvalue weighted by atomic mass is 19.1. The highest BCUT2D eigenvalue weighted by Gasteiger charge is 2.41. The number of rotatable bonds is 8. The van der Waals surface area contributed by atoms with E-state index < -0.39 is 35.8 Å². The minimum absolute atomic E-state index is 0.114. The second kappa shape index (κ2) is 10.1. The number of carboxylic acid groups (broad SMARTS) is 1. The van der Waals surface area contributed by atoms with E-state index in [4.69, 9.17) is 10.5 Å². The number of nitrogens with one attached hydrogen (secondary N) is 1. The molecule has 2 heterocycles. The van der Waals surface area contributed by atoms with Crippen LogP contribution in [0.2, 0.25) is 0 Å². The lowest BCUT2D eigenvalue weighted by Gasteiger charge is -2.41. The fourth-order valence-electron chi connectivity index (χ4n) is 4.05. The Balaban J connectivity index is 1.91. The molecule has 2 amide bonds. The van der Waals surface area contributed by atoms with Crippen LogP contribution in [-0.2, 0) is 4.74 Å². The summed E-state index contributed by atoms with van der Waals surface area (Å²) in [5, 5.41) is 26.9. The highest BCUT2D eigenvalue weighted by Crippen LogP contribution is 2.36. The molecule has 11 heteroatoms. The molecule has 0 radical (unpaired) electrons. The first-order valence-electron chi connectivity index (χ1n) is 10.1. The first kappa shape index (κ1) is 23.0. The Morgan fingerprint density at radius 2 is 2.12 bits per heavy atom. The van der Waals surface area contributed by atoms with E-state index in [1.54, 1.807) is 7.11 Å². The molecule has 0 spiro atoms. The summed E-state index contributed by atoms with van der Waals surface area (Å²) in [6, 6.07) is 6.77. The van der Waals surface area contributed by atoms with Gasteiger partial charge < -0.3 is 25.8 Å². The van der Waals surface area contributed by atoms with Gasteiger partial charge in [0, 0.05) is 32.1 Å². The van der Waals surface area contributed by atoms with Crippen molar-refractivity contribution in [2.75, 3.05) is 25.6 Å². The van der Waals surface area contributed by atoms with Crippen molar-refractivity contribution in [1.29, 1.82) is 5.26 Å². The first-order valence-corrected chi connectivity index (χ1v) is 10.1. The molecule has 1 aromatic heterocycles. The molecule has 0 bridgehead atoms. The summed E-state index contributed by atoms with van der Waals surface area (Å²) < 4.78 is 19.8. The monoisotopic (exact) mass is 444 g/mol. The minimum Gasteiger partial charge on any atom is -0.465 e. The van der Waals surface area contributed by atoms with Crippen LogP contribution in [0.1, 0.15) is 35.7 Å². The van der Waals surface area contributed by atoms with E-state index in [0.717, 1.165) is 0 Å². The summed E-state index contributed by atoms with van der Waals surface area (Å²) in [5.74, 6) is -1.62. The van der Waals surface area contributed by atoms with Gasteiger partial charge in [0.05, 0.1) is 24.1 Å². The van der Waals surface area contributed by atoms with E-state index in [1.807, 2.05) is 0 Å². The van der Waals surface area contributed by atoms with Crippen LogP contribution in [0.25, 0.3) is 0 Å². The van der Waals surface area contributed by atoms with Gasteiger partial charge in [-0.15, -0.1) is 0 Å². The lowest BCUT2D eigenvalue weighted by molar-refractivity contribution is 0.0581. The number of nitrogens with zero attached hydrogens (tertiary/aromatic N) is 4. The predicted molar refractivity (Wildman–Crippen MR) is 113 cm³/mol. The molecule has 1 fully saturated rings. The van der Waals surface area contributed by atoms with Gasteiger partial charge in [0.1, 0.15) is 11.4 Å². The number of amides is 2. The topological polar surface area (TPSA) is 146 Å². The third kappa shape index (κ3) is 4.97. The normalized spacial score (nSPS) is 20.5. The molecule has 170 valence electrons.